The van der Waals surface area contributed by atoms with Crippen molar-refractivity contribution >= 4 is 15.7 Å². The van der Waals surface area contributed by atoms with Crippen molar-refractivity contribution in [3.8, 4) is 0 Å². The summed E-state index contributed by atoms with van der Waals surface area (Å²) in [5.41, 5.74) is -6.40. The number of non-ortho nitro benzene ring substituents is 1. The molecule has 0 atom stereocenters. The lowest BCUT2D eigenvalue weighted by Crippen LogP contribution is -2.53. The lowest BCUT2D eigenvalue weighted by molar-refractivity contribution is -0.385. The molecule has 1 saturated heterocycles. The van der Waals surface area contributed by atoms with Gasteiger partial charge in [0, 0.05) is 50.4 Å². The van der Waals surface area contributed by atoms with E-state index in [1.165, 1.54) is 12.1 Å². The summed E-state index contributed by atoms with van der Waals surface area (Å²) in [5.74, 6) is 0. The molecular weight excluding hydrogens is 508 g/mol. The predicted molar refractivity (Wildman–Crippen MR) is 110 cm³/mol. The molecule has 0 amide bonds. The second-order valence-corrected chi connectivity index (χ2v) is 9.78. The van der Waals surface area contributed by atoms with Gasteiger partial charge < -0.3 is 5.11 Å². The van der Waals surface area contributed by atoms with Crippen LogP contribution in [0.25, 0.3) is 0 Å². The fourth-order valence-electron chi connectivity index (χ4n) is 3.63. The molecule has 1 N–H and O–H groups in total. The molecule has 0 aromatic heterocycles. The summed E-state index contributed by atoms with van der Waals surface area (Å²) >= 11 is 0. The van der Waals surface area contributed by atoms with Gasteiger partial charge in [-0.1, -0.05) is 30.3 Å². The quantitative estimate of drug-likeness (QED) is 0.351. The van der Waals surface area contributed by atoms with Gasteiger partial charge in [-0.2, -0.15) is 30.6 Å². The Morgan fingerprint density at radius 3 is 1.94 bits per heavy atom. The summed E-state index contributed by atoms with van der Waals surface area (Å²) in [6.07, 6.45) is -12.0. The highest BCUT2D eigenvalue weighted by molar-refractivity contribution is 7.89. The average molecular weight is 527 g/mol. The maximum absolute atomic E-state index is 13.0. The molecule has 1 heterocycles. The van der Waals surface area contributed by atoms with Gasteiger partial charge in [0.15, 0.2) is 0 Å². The lowest BCUT2D eigenvalue weighted by atomic mass is 9.91. The summed E-state index contributed by atoms with van der Waals surface area (Å²) in [5, 5.41) is 20.4. The van der Waals surface area contributed by atoms with Crippen LogP contribution in [-0.2, 0) is 22.2 Å². The lowest BCUT2D eigenvalue weighted by Gasteiger charge is -2.34. The van der Waals surface area contributed by atoms with Crippen molar-refractivity contribution in [3.05, 3.63) is 69.8 Å². The Hall–Kier alpha value is -2.75. The molecule has 3 rings (SSSR count). The Kier molecular flexibility index (Phi) is 7.19. The van der Waals surface area contributed by atoms with Crippen LogP contribution >= 0.6 is 0 Å². The van der Waals surface area contributed by atoms with E-state index in [1.807, 2.05) is 0 Å². The molecule has 0 radical (unpaired) electrons. The molecule has 0 bridgehead atoms. The highest BCUT2D eigenvalue weighted by atomic mass is 32.2. The van der Waals surface area contributed by atoms with Gasteiger partial charge in [-0.05, 0) is 11.6 Å². The molecule has 0 saturated carbocycles. The molecule has 15 heteroatoms. The van der Waals surface area contributed by atoms with Crippen LogP contribution in [0, 0.1) is 10.1 Å². The first-order valence-electron chi connectivity index (χ1n) is 9.99. The fourth-order valence-corrected chi connectivity index (χ4v) is 5.09. The molecule has 8 nitrogen and oxygen atoms in total. The van der Waals surface area contributed by atoms with E-state index >= 15 is 0 Å². The number of benzene rings is 2. The Labute approximate surface area is 195 Å². The van der Waals surface area contributed by atoms with Crippen LogP contribution < -0.4 is 0 Å². The van der Waals surface area contributed by atoms with Crippen LogP contribution in [-0.4, -0.2) is 66.2 Å². The van der Waals surface area contributed by atoms with E-state index in [2.05, 4.69) is 0 Å². The number of nitrogens with zero attached hydrogens (tertiary/aromatic N) is 3. The third kappa shape index (κ3) is 5.27. The minimum Gasteiger partial charge on any atom is -0.369 e. The maximum atomic E-state index is 13.0. The van der Waals surface area contributed by atoms with Crippen molar-refractivity contribution in [1.82, 2.24) is 9.21 Å². The highest BCUT2D eigenvalue weighted by Crippen LogP contribution is 2.49. The summed E-state index contributed by atoms with van der Waals surface area (Å²) in [6, 6.07) is 7.77. The molecule has 1 aliphatic heterocycles. The van der Waals surface area contributed by atoms with E-state index in [0.29, 0.717) is 17.7 Å². The number of halogens is 6. The van der Waals surface area contributed by atoms with Crippen LogP contribution in [0.1, 0.15) is 11.1 Å². The van der Waals surface area contributed by atoms with E-state index in [1.54, 1.807) is 4.90 Å². The minimum absolute atomic E-state index is 0.0189. The van der Waals surface area contributed by atoms with Crippen molar-refractivity contribution in [3.63, 3.8) is 0 Å². The normalized spacial score (nSPS) is 16.9. The number of hydrogen-bond acceptors (Lipinski definition) is 6. The zero-order valence-electron chi connectivity index (χ0n) is 17.8. The molecule has 192 valence electrons. The number of rotatable bonds is 6. The maximum Gasteiger partial charge on any atom is 0.430 e. The molecule has 1 fully saturated rings. The van der Waals surface area contributed by atoms with E-state index in [4.69, 9.17) is 0 Å². The van der Waals surface area contributed by atoms with Crippen LogP contribution in [0.15, 0.2) is 53.4 Å². The van der Waals surface area contributed by atoms with E-state index < -0.39 is 38.5 Å². The Morgan fingerprint density at radius 2 is 1.46 bits per heavy atom. The van der Waals surface area contributed by atoms with Crippen LogP contribution in [0.2, 0.25) is 0 Å². The Balaban J connectivity index is 1.67. The number of nitro benzene ring substituents is 1. The summed E-state index contributed by atoms with van der Waals surface area (Å²) < 4.78 is 105. The zero-order chi connectivity index (χ0) is 26.2. The van der Waals surface area contributed by atoms with Gasteiger partial charge in [0.2, 0.25) is 10.0 Å². The third-order valence-corrected chi connectivity index (χ3v) is 7.49. The van der Waals surface area contributed by atoms with Crippen LogP contribution in [0.5, 0.6) is 0 Å². The van der Waals surface area contributed by atoms with Gasteiger partial charge >= 0.3 is 12.4 Å². The molecule has 2 aromatic carbocycles. The van der Waals surface area contributed by atoms with Crippen LogP contribution in [0.4, 0.5) is 32.0 Å². The first kappa shape index (κ1) is 26.8. The van der Waals surface area contributed by atoms with Crippen molar-refractivity contribution in [1.29, 1.82) is 0 Å². The highest BCUT2D eigenvalue weighted by Gasteiger charge is 2.71. The Bertz CT molecular complexity index is 1160. The first-order chi connectivity index (χ1) is 16.1. The van der Waals surface area contributed by atoms with E-state index in [9.17, 15) is 50.0 Å². The van der Waals surface area contributed by atoms with E-state index in [-0.39, 0.29) is 43.3 Å². The van der Waals surface area contributed by atoms with Crippen molar-refractivity contribution in [2.24, 2.45) is 0 Å². The molecular formula is C20H19F6N3O5S. The summed E-state index contributed by atoms with van der Waals surface area (Å²) in [7, 11) is -4.00. The summed E-state index contributed by atoms with van der Waals surface area (Å²) in [4.78, 5) is 11.7. The second-order valence-electron chi connectivity index (χ2n) is 7.84. The number of sulfonamides is 1. The van der Waals surface area contributed by atoms with Gasteiger partial charge in [0.25, 0.3) is 11.3 Å². The molecule has 1 aliphatic rings. The molecule has 2 aromatic rings. The molecule has 0 spiro atoms. The van der Waals surface area contributed by atoms with Gasteiger partial charge in [0.05, 0.1) is 9.82 Å². The number of hydrogen-bond donors (Lipinski definition) is 1. The number of nitro groups is 1. The monoisotopic (exact) mass is 527 g/mol. The second kappa shape index (κ2) is 9.37. The van der Waals surface area contributed by atoms with Gasteiger partial charge in [-0.15, -0.1) is 0 Å². The average Bonchev–Trinajstić information content (AvgIpc) is 2.78. The predicted octanol–water partition coefficient (Wildman–Crippen LogP) is 3.41. The van der Waals surface area contributed by atoms with Gasteiger partial charge in [-0.3, -0.25) is 15.0 Å². The summed E-state index contributed by atoms with van der Waals surface area (Å²) in [6.45, 7) is 0.549. The minimum atomic E-state index is -5.98. The number of piperazine rings is 1. The SMILES string of the molecule is O=[N+]([O-])c1cccc(S(=O)(=O)N2CCN(Cc3ccc(C(O)(C(F)(F)F)C(F)(F)F)cc3)CC2)c1. The molecule has 0 aliphatic carbocycles. The smallest absolute Gasteiger partial charge is 0.369 e. The van der Waals surface area contributed by atoms with Gasteiger partial charge in [-0.25, -0.2) is 8.42 Å². The number of alkyl halides is 6. The number of aliphatic hydroxyl groups is 1. The van der Waals surface area contributed by atoms with Crippen molar-refractivity contribution < 1.29 is 44.8 Å². The molecule has 35 heavy (non-hydrogen) atoms. The first-order valence-corrected chi connectivity index (χ1v) is 11.4. The van der Waals surface area contributed by atoms with Crippen molar-refractivity contribution in [2.45, 2.75) is 29.4 Å². The third-order valence-electron chi connectivity index (χ3n) is 5.60. The largest absolute Gasteiger partial charge is 0.430 e. The topological polar surface area (TPSA) is 104 Å². The fraction of sp³-hybridized carbons (Fsp3) is 0.400. The zero-order valence-corrected chi connectivity index (χ0v) is 18.6. The van der Waals surface area contributed by atoms with E-state index in [0.717, 1.165) is 28.6 Å². The van der Waals surface area contributed by atoms with Gasteiger partial charge in [0.1, 0.15) is 0 Å². The molecule has 0 unspecified atom stereocenters. The van der Waals surface area contributed by atoms with Crippen LogP contribution in [0.3, 0.4) is 0 Å². The Morgan fingerprint density at radius 1 is 0.914 bits per heavy atom. The standard InChI is InChI=1S/C20H19F6N3O5S/c21-19(22,23)18(30,20(24,25)26)15-6-4-14(5-7-15)13-27-8-10-28(11-9-27)35(33,34)17-3-1-2-16(12-17)29(31)32/h1-7,12,30H,8-11,13H2. The van der Waals surface area contributed by atoms with Crippen molar-refractivity contribution in [2.75, 3.05) is 26.2 Å².